The Bertz CT molecular complexity index is 655. The number of hydrogen-bond acceptors (Lipinski definition) is 3. The van der Waals surface area contributed by atoms with Crippen molar-refractivity contribution < 1.29 is 8.78 Å². The van der Waals surface area contributed by atoms with Crippen LogP contribution in [0.3, 0.4) is 0 Å². The molecule has 0 unspecified atom stereocenters. The van der Waals surface area contributed by atoms with Crippen LogP contribution in [0.15, 0.2) is 18.2 Å². The van der Waals surface area contributed by atoms with Gasteiger partial charge in [0.05, 0.1) is 5.69 Å². The van der Waals surface area contributed by atoms with Crippen LogP contribution >= 0.6 is 0 Å². The van der Waals surface area contributed by atoms with Gasteiger partial charge in [-0.05, 0) is 24.6 Å². The summed E-state index contributed by atoms with van der Waals surface area (Å²) in [5.74, 6) is -1.21. The van der Waals surface area contributed by atoms with E-state index < -0.39 is 11.6 Å². The van der Waals surface area contributed by atoms with Crippen LogP contribution in [0.25, 0.3) is 0 Å². The standard InChI is InChI=1S/C13H12F2N4/c1-8-10(6-16)13(19(2)18-8)17-7-9-3-4-11(14)12(15)5-9/h3-5,17H,7H2,1-2H3. The maximum absolute atomic E-state index is 13.1. The summed E-state index contributed by atoms with van der Waals surface area (Å²) in [6, 6.07) is 5.75. The number of halogens is 2. The smallest absolute Gasteiger partial charge is 0.159 e. The van der Waals surface area contributed by atoms with Gasteiger partial charge in [-0.25, -0.2) is 8.78 Å². The Morgan fingerprint density at radius 2 is 2.11 bits per heavy atom. The predicted octanol–water partition coefficient (Wildman–Crippen LogP) is 2.49. The van der Waals surface area contributed by atoms with Gasteiger partial charge in [0.1, 0.15) is 17.5 Å². The van der Waals surface area contributed by atoms with Crippen molar-refractivity contribution in [3.63, 3.8) is 0 Å². The zero-order valence-electron chi connectivity index (χ0n) is 10.5. The number of aromatic nitrogens is 2. The quantitative estimate of drug-likeness (QED) is 0.924. The molecule has 2 rings (SSSR count). The van der Waals surface area contributed by atoms with Gasteiger partial charge in [0.25, 0.3) is 0 Å². The minimum Gasteiger partial charge on any atom is -0.365 e. The normalized spacial score (nSPS) is 10.3. The summed E-state index contributed by atoms with van der Waals surface area (Å²) in [7, 11) is 1.71. The van der Waals surface area contributed by atoms with E-state index >= 15 is 0 Å². The zero-order chi connectivity index (χ0) is 14.0. The van der Waals surface area contributed by atoms with Crippen LogP contribution in [-0.4, -0.2) is 9.78 Å². The van der Waals surface area contributed by atoms with Gasteiger partial charge in [-0.15, -0.1) is 0 Å². The number of aryl methyl sites for hydroxylation is 2. The second kappa shape index (κ2) is 5.06. The fourth-order valence-electron chi connectivity index (χ4n) is 1.83. The lowest BCUT2D eigenvalue weighted by Crippen LogP contribution is -2.06. The van der Waals surface area contributed by atoms with Crippen molar-refractivity contribution in [2.45, 2.75) is 13.5 Å². The van der Waals surface area contributed by atoms with E-state index in [4.69, 9.17) is 5.26 Å². The van der Waals surface area contributed by atoms with Crippen molar-refractivity contribution in [1.82, 2.24) is 9.78 Å². The van der Waals surface area contributed by atoms with E-state index in [1.54, 1.807) is 18.7 Å². The van der Waals surface area contributed by atoms with E-state index in [9.17, 15) is 8.78 Å². The molecule has 0 aliphatic rings. The lowest BCUT2D eigenvalue weighted by Gasteiger charge is -2.07. The molecule has 0 saturated carbocycles. The Morgan fingerprint density at radius 3 is 2.74 bits per heavy atom. The van der Waals surface area contributed by atoms with Gasteiger partial charge in [-0.1, -0.05) is 6.07 Å². The minimum atomic E-state index is -0.888. The van der Waals surface area contributed by atoms with Gasteiger partial charge >= 0.3 is 0 Å². The Hall–Kier alpha value is -2.42. The third-order valence-electron chi connectivity index (χ3n) is 2.78. The molecule has 19 heavy (non-hydrogen) atoms. The lowest BCUT2D eigenvalue weighted by molar-refractivity contribution is 0.507. The van der Waals surface area contributed by atoms with Gasteiger partial charge in [0.15, 0.2) is 11.6 Å². The van der Waals surface area contributed by atoms with Crippen molar-refractivity contribution in [2.24, 2.45) is 7.05 Å². The third kappa shape index (κ3) is 2.55. The Kier molecular flexibility index (Phi) is 3.47. The van der Waals surface area contributed by atoms with Crippen molar-refractivity contribution in [3.8, 4) is 6.07 Å². The van der Waals surface area contributed by atoms with Gasteiger partial charge in [-0.3, -0.25) is 4.68 Å². The fraction of sp³-hybridized carbons (Fsp3) is 0.231. The van der Waals surface area contributed by atoms with Gasteiger partial charge < -0.3 is 5.32 Å². The molecule has 0 aliphatic carbocycles. The first-order valence-electron chi connectivity index (χ1n) is 5.64. The number of hydrogen-bond donors (Lipinski definition) is 1. The number of nitrogens with one attached hydrogen (secondary N) is 1. The Balaban J connectivity index is 2.19. The summed E-state index contributed by atoms with van der Waals surface area (Å²) < 4.78 is 27.4. The summed E-state index contributed by atoms with van der Waals surface area (Å²) in [5.41, 5.74) is 1.66. The Morgan fingerprint density at radius 1 is 1.37 bits per heavy atom. The molecular formula is C13H12F2N4. The number of rotatable bonds is 3. The zero-order valence-corrected chi connectivity index (χ0v) is 10.5. The van der Waals surface area contributed by atoms with Crippen molar-refractivity contribution in [3.05, 3.63) is 46.7 Å². The molecule has 0 spiro atoms. The summed E-state index contributed by atoms with van der Waals surface area (Å²) in [5, 5.41) is 16.2. The van der Waals surface area contributed by atoms with Crippen LogP contribution in [0.2, 0.25) is 0 Å². The highest BCUT2D eigenvalue weighted by Crippen LogP contribution is 2.18. The molecule has 0 fully saturated rings. The second-order valence-corrected chi connectivity index (χ2v) is 4.15. The number of nitrogens with zero attached hydrogens (tertiary/aromatic N) is 3. The van der Waals surface area contributed by atoms with Crippen LogP contribution in [0.1, 0.15) is 16.8 Å². The Labute approximate surface area is 109 Å². The van der Waals surface area contributed by atoms with Gasteiger partial charge in [-0.2, -0.15) is 10.4 Å². The summed E-state index contributed by atoms with van der Waals surface area (Å²) >= 11 is 0. The van der Waals surface area contributed by atoms with Crippen LogP contribution in [-0.2, 0) is 13.6 Å². The highest BCUT2D eigenvalue weighted by atomic mass is 19.2. The average molecular weight is 262 g/mol. The summed E-state index contributed by atoms with van der Waals surface area (Å²) in [4.78, 5) is 0. The molecule has 1 aromatic carbocycles. The second-order valence-electron chi connectivity index (χ2n) is 4.15. The van der Waals surface area contributed by atoms with Crippen LogP contribution in [0.4, 0.5) is 14.6 Å². The molecule has 1 N–H and O–H groups in total. The fourth-order valence-corrected chi connectivity index (χ4v) is 1.83. The molecule has 0 bridgehead atoms. The van der Waals surface area contributed by atoms with Crippen LogP contribution in [0, 0.1) is 29.9 Å². The molecule has 0 radical (unpaired) electrons. The number of nitriles is 1. The van der Waals surface area contributed by atoms with Crippen molar-refractivity contribution >= 4 is 5.82 Å². The number of anilines is 1. The molecule has 1 heterocycles. The number of benzene rings is 1. The molecule has 4 nitrogen and oxygen atoms in total. The van der Waals surface area contributed by atoms with E-state index in [-0.39, 0.29) is 6.54 Å². The highest BCUT2D eigenvalue weighted by molar-refractivity contribution is 5.55. The average Bonchev–Trinajstić information content (AvgIpc) is 2.64. The minimum absolute atomic E-state index is 0.283. The van der Waals surface area contributed by atoms with Crippen molar-refractivity contribution in [1.29, 1.82) is 5.26 Å². The molecule has 6 heteroatoms. The van der Waals surface area contributed by atoms with Crippen LogP contribution < -0.4 is 5.32 Å². The SMILES string of the molecule is Cc1nn(C)c(NCc2ccc(F)c(F)c2)c1C#N. The first kappa shape index (κ1) is 13.0. The molecular weight excluding hydrogens is 250 g/mol. The molecule has 98 valence electrons. The van der Waals surface area contributed by atoms with E-state index in [0.717, 1.165) is 12.1 Å². The topological polar surface area (TPSA) is 53.6 Å². The summed E-state index contributed by atoms with van der Waals surface area (Å²) in [6.07, 6.45) is 0. The first-order chi connectivity index (χ1) is 9.02. The summed E-state index contributed by atoms with van der Waals surface area (Å²) in [6.45, 7) is 2.02. The monoisotopic (exact) mass is 262 g/mol. The van der Waals surface area contributed by atoms with E-state index in [1.807, 2.05) is 0 Å². The maximum atomic E-state index is 13.1. The largest absolute Gasteiger partial charge is 0.365 e. The maximum Gasteiger partial charge on any atom is 0.159 e. The molecule has 0 saturated heterocycles. The molecule has 1 aromatic heterocycles. The van der Waals surface area contributed by atoms with Crippen LogP contribution in [0.5, 0.6) is 0 Å². The molecule has 0 amide bonds. The van der Waals surface area contributed by atoms with Gasteiger partial charge in [0.2, 0.25) is 0 Å². The van der Waals surface area contributed by atoms with E-state index in [1.165, 1.54) is 6.07 Å². The molecule has 2 aromatic rings. The predicted molar refractivity (Wildman–Crippen MR) is 66.3 cm³/mol. The van der Waals surface area contributed by atoms with E-state index in [0.29, 0.717) is 22.6 Å². The highest BCUT2D eigenvalue weighted by Gasteiger charge is 2.12. The molecule has 0 atom stereocenters. The van der Waals surface area contributed by atoms with Gasteiger partial charge in [0, 0.05) is 13.6 Å². The molecule has 0 aliphatic heterocycles. The third-order valence-corrected chi connectivity index (χ3v) is 2.78. The lowest BCUT2D eigenvalue weighted by atomic mass is 10.2. The first-order valence-corrected chi connectivity index (χ1v) is 5.64. The van der Waals surface area contributed by atoms with Crippen molar-refractivity contribution in [2.75, 3.05) is 5.32 Å². The van der Waals surface area contributed by atoms with E-state index in [2.05, 4.69) is 16.5 Å².